The predicted molar refractivity (Wildman–Crippen MR) is 84.7 cm³/mol. The van der Waals surface area contributed by atoms with Crippen LogP contribution in [0.2, 0.25) is 0 Å². The Balaban J connectivity index is 1.94. The molecule has 2 N–H and O–H groups in total. The first kappa shape index (κ1) is 15.8. The molecule has 1 aliphatic carbocycles. The Bertz CT molecular complexity index is 575. The molecule has 1 aromatic carbocycles. The molecular formula is C15H22N2O3S. The van der Waals surface area contributed by atoms with Gasteiger partial charge in [0.2, 0.25) is 15.9 Å². The van der Waals surface area contributed by atoms with E-state index in [1.54, 1.807) is 24.3 Å². The van der Waals surface area contributed by atoms with Crippen molar-refractivity contribution in [2.75, 3.05) is 15.8 Å². The van der Waals surface area contributed by atoms with Crippen molar-refractivity contribution in [1.29, 1.82) is 0 Å². The summed E-state index contributed by atoms with van der Waals surface area (Å²) in [5.74, 6) is 0.284. The minimum Gasteiger partial charge on any atom is -0.326 e. The third kappa shape index (κ3) is 4.74. The lowest BCUT2D eigenvalue weighted by Crippen LogP contribution is -2.20. The van der Waals surface area contributed by atoms with Crippen molar-refractivity contribution in [2.24, 2.45) is 5.92 Å². The fourth-order valence-electron chi connectivity index (χ4n) is 2.55. The number of hydrogen-bond acceptors (Lipinski definition) is 3. The van der Waals surface area contributed by atoms with Gasteiger partial charge in [0.25, 0.3) is 0 Å². The summed E-state index contributed by atoms with van der Waals surface area (Å²) < 4.78 is 25.8. The van der Waals surface area contributed by atoms with Crippen LogP contribution in [-0.2, 0) is 14.8 Å². The van der Waals surface area contributed by atoms with Crippen LogP contribution in [0.15, 0.2) is 24.3 Å². The van der Waals surface area contributed by atoms with Gasteiger partial charge in [0.05, 0.1) is 5.75 Å². The molecule has 0 heterocycles. The second-order valence-corrected chi connectivity index (χ2v) is 7.31. The van der Waals surface area contributed by atoms with Gasteiger partial charge in [-0.1, -0.05) is 19.8 Å². The van der Waals surface area contributed by atoms with Crippen LogP contribution in [-0.4, -0.2) is 20.1 Å². The summed E-state index contributed by atoms with van der Waals surface area (Å²) in [6, 6.07) is 6.77. The van der Waals surface area contributed by atoms with E-state index < -0.39 is 10.0 Å². The van der Waals surface area contributed by atoms with Crippen molar-refractivity contribution >= 4 is 27.3 Å². The molecule has 116 valence electrons. The molecule has 0 spiro atoms. The van der Waals surface area contributed by atoms with E-state index >= 15 is 0 Å². The molecule has 1 aliphatic rings. The van der Waals surface area contributed by atoms with Gasteiger partial charge >= 0.3 is 0 Å². The molecule has 2 rings (SSSR count). The molecule has 0 bridgehead atoms. The maximum Gasteiger partial charge on any atom is 0.232 e. The Morgan fingerprint density at radius 3 is 2.29 bits per heavy atom. The van der Waals surface area contributed by atoms with Crippen molar-refractivity contribution in [3.05, 3.63) is 24.3 Å². The summed E-state index contributed by atoms with van der Waals surface area (Å²) in [4.78, 5) is 12.0. The van der Waals surface area contributed by atoms with Crippen LogP contribution in [0, 0.1) is 5.92 Å². The Morgan fingerprint density at radius 1 is 1.14 bits per heavy atom. The predicted octanol–water partition coefficient (Wildman–Crippen LogP) is 2.97. The van der Waals surface area contributed by atoms with E-state index in [2.05, 4.69) is 10.0 Å². The topological polar surface area (TPSA) is 75.3 Å². The summed E-state index contributed by atoms with van der Waals surface area (Å²) >= 11 is 0. The quantitative estimate of drug-likeness (QED) is 0.848. The molecule has 1 aromatic rings. The third-order valence-corrected chi connectivity index (χ3v) is 5.12. The zero-order chi connectivity index (χ0) is 15.3. The Kier molecular flexibility index (Phi) is 5.22. The number of hydrogen-bond donors (Lipinski definition) is 2. The summed E-state index contributed by atoms with van der Waals surface area (Å²) in [5.41, 5.74) is 1.22. The third-order valence-electron chi connectivity index (χ3n) is 3.62. The highest BCUT2D eigenvalue weighted by Crippen LogP contribution is 2.26. The van der Waals surface area contributed by atoms with E-state index in [0.29, 0.717) is 17.8 Å². The highest BCUT2D eigenvalue weighted by molar-refractivity contribution is 7.92. The minimum atomic E-state index is -3.27. The van der Waals surface area contributed by atoms with Gasteiger partial charge in [-0.2, -0.15) is 0 Å². The molecular weight excluding hydrogens is 288 g/mol. The smallest absolute Gasteiger partial charge is 0.232 e. The van der Waals surface area contributed by atoms with E-state index in [9.17, 15) is 13.2 Å². The number of nitrogens with one attached hydrogen (secondary N) is 2. The van der Waals surface area contributed by atoms with Crippen LogP contribution in [0.4, 0.5) is 11.4 Å². The van der Waals surface area contributed by atoms with Gasteiger partial charge in [-0.15, -0.1) is 0 Å². The lowest BCUT2D eigenvalue weighted by atomic mass is 10.1. The van der Waals surface area contributed by atoms with E-state index in [1.165, 1.54) is 0 Å². The maximum absolute atomic E-state index is 12.0. The molecule has 0 aliphatic heterocycles. The molecule has 0 saturated heterocycles. The van der Waals surface area contributed by atoms with Gasteiger partial charge in [-0.05, 0) is 43.5 Å². The normalized spacial score (nSPS) is 15.9. The molecule has 0 unspecified atom stereocenters. The lowest BCUT2D eigenvalue weighted by molar-refractivity contribution is -0.119. The number of carbonyl (C=O) groups is 1. The average molecular weight is 310 g/mol. The number of sulfonamides is 1. The molecule has 1 saturated carbocycles. The number of anilines is 2. The van der Waals surface area contributed by atoms with Gasteiger partial charge in [0.1, 0.15) is 0 Å². The first-order valence-electron chi connectivity index (χ1n) is 7.41. The van der Waals surface area contributed by atoms with Crippen molar-refractivity contribution in [3.63, 3.8) is 0 Å². The summed E-state index contributed by atoms with van der Waals surface area (Å²) in [7, 11) is -3.27. The average Bonchev–Trinajstić information content (AvgIpc) is 2.94. The molecule has 5 nitrogen and oxygen atoms in total. The van der Waals surface area contributed by atoms with Crippen LogP contribution in [0.25, 0.3) is 0 Å². The van der Waals surface area contributed by atoms with E-state index in [1.807, 2.05) is 6.92 Å². The highest BCUT2D eigenvalue weighted by Gasteiger charge is 2.22. The first-order chi connectivity index (χ1) is 10.00. The number of rotatable bonds is 6. The molecule has 0 atom stereocenters. The van der Waals surface area contributed by atoms with Crippen molar-refractivity contribution in [3.8, 4) is 0 Å². The summed E-state index contributed by atoms with van der Waals surface area (Å²) in [6.45, 7) is 1.82. The molecule has 21 heavy (non-hydrogen) atoms. The number of amides is 1. The fraction of sp³-hybridized carbons (Fsp3) is 0.533. The van der Waals surface area contributed by atoms with Crippen LogP contribution >= 0.6 is 0 Å². The largest absolute Gasteiger partial charge is 0.326 e. The van der Waals surface area contributed by atoms with Crippen molar-refractivity contribution < 1.29 is 13.2 Å². The van der Waals surface area contributed by atoms with E-state index in [4.69, 9.17) is 0 Å². The highest BCUT2D eigenvalue weighted by atomic mass is 32.2. The summed E-state index contributed by atoms with van der Waals surface area (Å²) in [6.07, 6.45) is 4.73. The zero-order valence-corrected chi connectivity index (χ0v) is 13.1. The van der Waals surface area contributed by atoms with Crippen LogP contribution in [0.3, 0.4) is 0 Å². The molecule has 1 amide bonds. The van der Waals surface area contributed by atoms with Gasteiger partial charge in [0.15, 0.2) is 0 Å². The van der Waals surface area contributed by atoms with Gasteiger partial charge in [0, 0.05) is 17.3 Å². The monoisotopic (exact) mass is 310 g/mol. The molecule has 1 fully saturated rings. The minimum absolute atomic E-state index is 0.0619. The van der Waals surface area contributed by atoms with Gasteiger partial charge in [-0.3, -0.25) is 9.52 Å². The SMILES string of the molecule is CCCS(=O)(=O)Nc1ccc(NC(=O)C2CCCC2)cc1. The Labute approximate surface area is 126 Å². The van der Waals surface area contributed by atoms with E-state index in [0.717, 1.165) is 25.7 Å². The Hall–Kier alpha value is -1.56. The fourth-order valence-corrected chi connectivity index (χ4v) is 3.69. The van der Waals surface area contributed by atoms with Crippen LogP contribution < -0.4 is 10.0 Å². The number of carbonyl (C=O) groups excluding carboxylic acids is 1. The Morgan fingerprint density at radius 2 is 1.71 bits per heavy atom. The number of benzene rings is 1. The van der Waals surface area contributed by atoms with Crippen molar-refractivity contribution in [2.45, 2.75) is 39.0 Å². The lowest BCUT2D eigenvalue weighted by Gasteiger charge is -2.11. The van der Waals surface area contributed by atoms with Crippen LogP contribution in [0.5, 0.6) is 0 Å². The maximum atomic E-state index is 12.0. The second kappa shape index (κ2) is 6.93. The molecule has 6 heteroatoms. The first-order valence-corrected chi connectivity index (χ1v) is 9.07. The van der Waals surface area contributed by atoms with E-state index in [-0.39, 0.29) is 17.6 Å². The van der Waals surface area contributed by atoms with Gasteiger partial charge in [-0.25, -0.2) is 8.42 Å². The zero-order valence-electron chi connectivity index (χ0n) is 12.3. The summed E-state index contributed by atoms with van der Waals surface area (Å²) in [5, 5.41) is 2.88. The van der Waals surface area contributed by atoms with Crippen molar-refractivity contribution in [1.82, 2.24) is 0 Å². The van der Waals surface area contributed by atoms with Crippen LogP contribution in [0.1, 0.15) is 39.0 Å². The molecule has 0 aromatic heterocycles. The second-order valence-electron chi connectivity index (χ2n) is 5.47. The molecule has 0 radical (unpaired) electrons. The van der Waals surface area contributed by atoms with Gasteiger partial charge < -0.3 is 5.32 Å². The standard InChI is InChI=1S/C15H22N2O3S/c1-2-11-21(19,20)17-14-9-7-13(8-10-14)16-15(18)12-5-3-4-6-12/h7-10,12,17H,2-6,11H2,1H3,(H,16,18).